The molecule has 0 radical (unpaired) electrons. The number of methoxy groups -OCH3 is 2. The van der Waals surface area contributed by atoms with Crippen molar-refractivity contribution in [1.82, 2.24) is 18.8 Å². The van der Waals surface area contributed by atoms with Crippen LogP contribution in [0.5, 0.6) is 0 Å². The summed E-state index contributed by atoms with van der Waals surface area (Å²) in [5, 5.41) is 27.9. The smallest absolute Gasteiger partial charge is 0.264 e. The van der Waals surface area contributed by atoms with E-state index in [1.165, 1.54) is 5.06 Å². The Labute approximate surface area is 324 Å². The van der Waals surface area contributed by atoms with Crippen LogP contribution in [0, 0.1) is 0 Å². The van der Waals surface area contributed by atoms with Crippen molar-refractivity contribution in [3.05, 3.63) is 73.6 Å². The molecular formula is C38H71N5O10S. The fraction of sp³-hybridized carbons (Fsp3) is 0.684. The second-order valence-corrected chi connectivity index (χ2v) is 15.4. The molecule has 0 spiro atoms. The van der Waals surface area contributed by atoms with E-state index in [4.69, 9.17) is 34.9 Å². The molecule has 0 amide bonds. The monoisotopic (exact) mass is 789 g/mol. The van der Waals surface area contributed by atoms with Crippen LogP contribution in [0.1, 0.15) is 67.2 Å². The zero-order valence-electron chi connectivity index (χ0n) is 32.8. The van der Waals surface area contributed by atoms with E-state index in [1.807, 2.05) is 82.7 Å². The summed E-state index contributed by atoms with van der Waals surface area (Å²) in [7, 11) is 0.00871. The lowest BCUT2D eigenvalue weighted by molar-refractivity contribution is -0.261. The molecule has 3 aromatic heterocycles. The van der Waals surface area contributed by atoms with Crippen molar-refractivity contribution in [2.45, 2.75) is 117 Å². The molecule has 2 fully saturated rings. The molecule has 2 aliphatic rings. The van der Waals surface area contributed by atoms with E-state index in [0.29, 0.717) is 19.5 Å². The number of piperidine rings is 1. The van der Waals surface area contributed by atoms with Crippen LogP contribution in [-0.2, 0) is 52.9 Å². The summed E-state index contributed by atoms with van der Waals surface area (Å²) in [6, 6.07) is 11.8. The molecule has 2 atom stereocenters. The van der Waals surface area contributed by atoms with Crippen molar-refractivity contribution in [2.24, 2.45) is 5.73 Å². The average Bonchev–Trinajstić information content (AvgIpc) is 3.95. The summed E-state index contributed by atoms with van der Waals surface area (Å²) < 4.78 is 52.9. The first-order valence-electron chi connectivity index (χ1n) is 18.0. The number of hydroxylamine groups is 2. The highest BCUT2D eigenvalue weighted by molar-refractivity contribution is 7.85. The second-order valence-electron chi connectivity index (χ2n) is 13.8. The van der Waals surface area contributed by atoms with Crippen LogP contribution < -0.4 is 5.73 Å². The summed E-state index contributed by atoms with van der Waals surface area (Å²) in [5.74, 6) is 0. The number of aliphatic hydroxyl groups excluding tert-OH is 2. The number of aryl methyl sites for hydroxylation is 1. The summed E-state index contributed by atoms with van der Waals surface area (Å²) in [6.45, 7) is 12.3. The fourth-order valence-corrected chi connectivity index (χ4v) is 6.10. The number of hydrogen-bond donors (Lipinski definition) is 4. The Kier molecular flexibility index (Phi) is 26.5. The summed E-state index contributed by atoms with van der Waals surface area (Å²) >= 11 is 0. The molecule has 54 heavy (non-hydrogen) atoms. The molecule has 3 aromatic rings. The maximum absolute atomic E-state index is 10.6. The van der Waals surface area contributed by atoms with Gasteiger partial charge in [-0.1, -0.05) is 7.43 Å². The number of rotatable bonds is 14. The number of nitrogens with zero attached hydrogens (tertiary/aromatic N) is 4. The maximum atomic E-state index is 10.6. The average molecular weight is 790 g/mol. The van der Waals surface area contributed by atoms with E-state index in [-0.39, 0.29) is 57.0 Å². The second kappa shape index (κ2) is 27.9. The lowest BCUT2D eigenvalue weighted by Crippen LogP contribution is -2.60. The minimum Gasteiger partial charge on any atom is -0.395 e. The minimum absolute atomic E-state index is 0. The molecule has 0 aromatic carbocycles. The molecule has 15 nitrogen and oxygen atoms in total. The molecular weight excluding hydrogens is 719 g/mol. The Morgan fingerprint density at radius 1 is 0.741 bits per heavy atom. The van der Waals surface area contributed by atoms with Crippen molar-refractivity contribution in [2.75, 3.05) is 53.4 Å². The Balaban J connectivity index is 0.000000701. The van der Waals surface area contributed by atoms with Gasteiger partial charge in [0, 0.05) is 101 Å². The Hall–Kier alpha value is -2.61. The zero-order chi connectivity index (χ0) is 39.8. The number of nitrogens with two attached hydrogens (primary N) is 1. The van der Waals surface area contributed by atoms with Crippen molar-refractivity contribution in [3.8, 4) is 0 Å². The molecule has 5 rings (SSSR count). The lowest BCUT2D eigenvalue weighted by Gasteiger charge is -2.51. The highest BCUT2D eigenvalue weighted by Crippen LogP contribution is 2.37. The largest absolute Gasteiger partial charge is 0.395 e. The zero-order valence-corrected chi connectivity index (χ0v) is 33.6. The highest BCUT2D eigenvalue weighted by atomic mass is 32.2. The van der Waals surface area contributed by atoms with Crippen LogP contribution in [0.3, 0.4) is 0 Å². The SMILES string of the molecule is C.CC1(C)CC(OCCn2cccc2)CC(C)(C)N1O.COC1CCC(OC)O1.CS(=O)(=O)OCCCn1cccc1.NCCO.OCCn1cccc1. The van der Waals surface area contributed by atoms with Gasteiger partial charge in [0.05, 0.1) is 38.8 Å². The highest BCUT2D eigenvalue weighted by Gasteiger charge is 2.45. The van der Waals surface area contributed by atoms with Crippen molar-refractivity contribution in [1.29, 1.82) is 0 Å². The maximum Gasteiger partial charge on any atom is 0.264 e. The molecule has 5 heterocycles. The third kappa shape index (κ3) is 22.7. The quantitative estimate of drug-likeness (QED) is 0.132. The molecule has 16 heteroatoms. The van der Waals surface area contributed by atoms with E-state index >= 15 is 0 Å². The number of aromatic nitrogens is 3. The van der Waals surface area contributed by atoms with Gasteiger partial charge >= 0.3 is 0 Å². The van der Waals surface area contributed by atoms with Gasteiger partial charge in [-0.15, -0.1) is 0 Å². The number of ether oxygens (including phenoxy) is 4. The number of hydrogen-bond acceptors (Lipinski definition) is 12. The first-order chi connectivity index (χ1) is 25.1. The molecule has 0 bridgehead atoms. The Morgan fingerprint density at radius 2 is 1.15 bits per heavy atom. The van der Waals surface area contributed by atoms with Gasteiger partial charge in [-0.05, 0) is 83.4 Å². The number of aliphatic hydroxyl groups is 2. The van der Waals surface area contributed by atoms with Crippen molar-refractivity contribution in [3.63, 3.8) is 0 Å². The van der Waals surface area contributed by atoms with Gasteiger partial charge in [0.2, 0.25) is 0 Å². The fourth-order valence-electron chi connectivity index (χ4n) is 5.68. The predicted octanol–water partition coefficient (Wildman–Crippen LogP) is 4.57. The first-order valence-corrected chi connectivity index (χ1v) is 19.8. The predicted molar refractivity (Wildman–Crippen MR) is 211 cm³/mol. The van der Waals surface area contributed by atoms with Crippen LogP contribution in [-0.4, -0.2) is 126 Å². The van der Waals surface area contributed by atoms with E-state index in [9.17, 15) is 13.6 Å². The topological polar surface area (TPSA) is 185 Å². The third-order valence-corrected chi connectivity index (χ3v) is 8.71. The summed E-state index contributed by atoms with van der Waals surface area (Å²) in [5.41, 5.74) is 4.31. The minimum atomic E-state index is -3.27. The summed E-state index contributed by atoms with van der Waals surface area (Å²) in [6.07, 6.45) is 17.3. The molecule has 2 saturated heterocycles. The molecule has 0 aliphatic carbocycles. The van der Waals surface area contributed by atoms with Gasteiger partial charge in [-0.2, -0.15) is 13.5 Å². The lowest BCUT2D eigenvalue weighted by atomic mass is 9.80. The van der Waals surface area contributed by atoms with Crippen LogP contribution in [0.25, 0.3) is 0 Å². The Bertz CT molecular complexity index is 1340. The third-order valence-electron chi connectivity index (χ3n) is 8.12. The van der Waals surface area contributed by atoms with Crippen molar-refractivity contribution < 1.29 is 47.0 Å². The molecule has 2 aliphatic heterocycles. The van der Waals surface area contributed by atoms with Gasteiger partial charge in [-0.3, -0.25) is 4.18 Å². The van der Waals surface area contributed by atoms with Crippen molar-refractivity contribution >= 4 is 10.1 Å². The van der Waals surface area contributed by atoms with Gasteiger partial charge in [-0.25, -0.2) is 0 Å². The van der Waals surface area contributed by atoms with E-state index in [2.05, 4.69) is 36.4 Å². The van der Waals surface area contributed by atoms with Crippen LogP contribution in [0.2, 0.25) is 0 Å². The van der Waals surface area contributed by atoms with E-state index in [1.54, 1.807) is 14.2 Å². The van der Waals surface area contributed by atoms with Crippen LogP contribution >= 0.6 is 0 Å². The first kappa shape index (κ1) is 51.4. The van der Waals surface area contributed by atoms with Gasteiger partial charge in [0.25, 0.3) is 10.1 Å². The van der Waals surface area contributed by atoms with E-state index in [0.717, 1.165) is 51.6 Å². The Morgan fingerprint density at radius 3 is 1.50 bits per heavy atom. The molecule has 2 unspecified atom stereocenters. The molecule has 314 valence electrons. The normalized spacial score (nSPS) is 19.0. The van der Waals surface area contributed by atoms with Gasteiger partial charge in [0.1, 0.15) is 0 Å². The standard InChI is InChI=1S/C15H26N2O2.C8H13NO3S.C6H9NO.C6H12O3.C2H7NO.CH4/c1-14(2)11-13(12-15(3,4)17(14)18)19-10-9-16-7-5-6-8-16;1-13(10,11)12-8-4-7-9-5-2-3-6-9;8-6-5-7-3-1-2-4-7;1-7-5-3-4-6(8-2)9-5;3-1-2-4;/h5-8,13,18H,9-12H2,1-4H3;2-3,5-6H,4,7-8H2,1H3;1-4,8H,5-6H2;5-6H,3-4H2,1-2H3;4H,1-3H2;1H4. The van der Waals surface area contributed by atoms with Gasteiger partial charge < -0.3 is 53.8 Å². The summed E-state index contributed by atoms with van der Waals surface area (Å²) in [4.78, 5) is 0. The van der Waals surface area contributed by atoms with Gasteiger partial charge in [0.15, 0.2) is 12.6 Å². The van der Waals surface area contributed by atoms with Crippen LogP contribution in [0.15, 0.2) is 73.6 Å². The molecule has 5 N–H and O–H groups in total. The van der Waals surface area contributed by atoms with Crippen LogP contribution in [0.4, 0.5) is 0 Å². The van der Waals surface area contributed by atoms with E-state index < -0.39 is 10.1 Å². The molecule has 0 saturated carbocycles.